The number of benzene rings is 3. The molecule has 72 heavy (non-hydrogen) atoms. The number of esters is 1. The molecule has 1 heterocycles. The quantitative estimate of drug-likeness (QED) is 0.0164. The van der Waals surface area contributed by atoms with Crippen molar-refractivity contribution in [2.45, 2.75) is 102 Å². The number of unbranched alkanes of at least 4 members (excludes halogenated alkanes) is 1. The van der Waals surface area contributed by atoms with E-state index in [1.165, 1.54) is 12.7 Å². The molecule has 390 valence electrons. The molecule has 2 atom stereocenters. The average molecular weight is 1130 g/mol. The predicted octanol–water partition coefficient (Wildman–Crippen LogP) is 6.41. The number of carbonyl (C=O) groups excluding carboxylic acids is 7. The molecule has 16 nitrogen and oxygen atoms in total. The summed E-state index contributed by atoms with van der Waals surface area (Å²) in [6.45, 7) is 3.21. The second-order valence-electron chi connectivity index (χ2n) is 17.2. The van der Waals surface area contributed by atoms with Crippen molar-refractivity contribution in [3.8, 4) is 11.8 Å². The minimum Gasteiger partial charge on any atom is -0.467 e. The Labute approximate surface area is 442 Å². The van der Waals surface area contributed by atoms with Crippen LogP contribution >= 0.6 is 35.4 Å². The number of hydrogen-bond donors (Lipinski definition) is 4. The molecule has 0 saturated heterocycles. The highest BCUT2D eigenvalue weighted by Gasteiger charge is 2.28. The van der Waals surface area contributed by atoms with Gasteiger partial charge in [-0.3, -0.25) is 28.8 Å². The summed E-state index contributed by atoms with van der Waals surface area (Å²) >= 11 is 6.03. The molecule has 4 rings (SSSR count). The Balaban J connectivity index is 1.00. The number of anilines is 1. The van der Waals surface area contributed by atoms with Gasteiger partial charge in [0.2, 0.25) is 23.6 Å². The molecule has 0 aliphatic carbocycles. The topological polar surface area (TPSA) is 205 Å². The normalized spacial score (nSPS) is 12.4. The van der Waals surface area contributed by atoms with E-state index in [0.717, 1.165) is 38.8 Å². The number of halogens is 1. The van der Waals surface area contributed by atoms with E-state index in [2.05, 4.69) is 74.7 Å². The highest BCUT2D eigenvalue weighted by atomic mass is 127. The number of hydrogen-bond acceptors (Lipinski definition) is 13. The lowest BCUT2D eigenvalue weighted by Gasteiger charge is -2.26. The molecule has 1 aliphatic heterocycles. The summed E-state index contributed by atoms with van der Waals surface area (Å²) in [7, 11) is 1.23. The van der Waals surface area contributed by atoms with Crippen LogP contribution in [0.1, 0.15) is 106 Å². The monoisotopic (exact) mass is 1120 g/mol. The Morgan fingerprint density at radius 3 is 2.01 bits per heavy atom. The first kappa shape index (κ1) is 59.4. The maximum Gasteiger partial charge on any atom is 0.328 e. The predicted molar refractivity (Wildman–Crippen MR) is 284 cm³/mol. The molecule has 0 spiro atoms. The summed E-state index contributed by atoms with van der Waals surface area (Å²) in [6.07, 6.45) is 4.33. The van der Waals surface area contributed by atoms with Gasteiger partial charge in [0.05, 0.1) is 65.6 Å². The second-order valence-corrected chi connectivity index (χ2v) is 18.6. The fourth-order valence-corrected chi connectivity index (χ4v) is 8.14. The number of methoxy groups -OCH3 is 1. The van der Waals surface area contributed by atoms with Crippen LogP contribution in [-0.2, 0) is 70.2 Å². The molecule has 3 aromatic rings. The van der Waals surface area contributed by atoms with Crippen molar-refractivity contribution < 1.29 is 57.2 Å². The number of fused-ring (bicyclic) bond motifs is 2. The fourth-order valence-electron chi connectivity index (χ4n) is 7.67. The van der Waals surface area contributed by atoms with Gasteiger partial charge in [0.1, 0.15) is 17.6 Å². The average Bonchev–Trinajstić information content (AvgIpc) is 3.38. The van der Waals surface area contributed by atoms with E-state index >= 15 is 0 Å². The van der Waals surface area contributed by atoms with Crippen molar-refractivity contribution in [2.75, 3.05) is 71.4 Å². The summed E-state index contributed by atoms with van der Waals surface area (Å²) in [4.78, 5) is 91.0. The van der Waals surface area contributed by atoms with Gasteiger partial charge in [-0.2, -0.15) is 0 Å². The van der Waals surface area contributed by atoms with E-state index in [1.807, 2.05) is 60.7 Å². The smallest absolute Gasteiger partial charge is 0.328 e. The number of carbonyl (C=O) groups is 7. The maximum absolute atomic E-state index is 13.4. The number of ketones is 2. The molecule has 1 aliphatic rings. The lowest BCUT2D eigenvalue weighted by Crippen LogP contribution is -2.45. The fraction of sp³-hybridized carbons (Fsp3) is 0.500. The van der Waals surface area contributed by atoms with Gasteiger partial charge < -0.3 is 43.9 Å². The van der Waals surface area contributed by atoms with Crippen molar-refractivity contribution in [1.82, 2.24) is 15.4 Å². The number of rotatable bonds is 36. The molecule has 0 fully saturated rings. The summed E-state index contributed by atoms with van der Waals surface area (Å²) < 4.78 is 30.6. The minimum atomic E-state index is -0.965. The Bertz CT molecular complexity index is 2270. The van der Waals surface area contributed by atoms with Crippen LogP contribution in [0.5, 0.6) is 0 Å². The van der Waals surface area contributed by atoms with E-state index < -0.39 is 29.7 Å². The maximum atomic E-state index is 13.4. The number of nitrogens with one attached hydrogen (secondary N) is 3. The molecule has 18 heteroatoms. The molecule has 0 saturated carbocycles. The number of nitrogens with zero attached hydrogens (tertiary/aromatic N) is 1. The number of para-hydroxylation sites is 1. The van der Waals surface area contributed by atoms with Crippen LogP contribution in [0.15, 0.2) is 72.8 Å². The molecule has 0 radical (unpaired) electrons. The highest BCUT2D eigenvalue weighted by molar-refractivity contribution is 14.1. The third-order valence-electron chi connectivity index (χ3n) is 11.7. The third-order valence-corrected chi connectivity index (χ3v) is 12.7. The van der Waals surface area contributed by atoms with Gasteiger partial charge in [-0.1, -0.05) is 67.1 Å². The molecule has 1 unspecified atom stereocenters. The van der Waals surface area contributed by atoms with Crippen molar-refractivity contribution in [3.05, 3.63) is 98.6 Å². The SMILES string of the molecule is COC(=O)[C@H](CCCCNC(=O)CCCc1ccc(I)cc1)NC(=O)C(CCC(=O)NS)CC(=O)CCOCCOCCOCCOCCCC(=O)CCC(=O)N1Cc2ccccc2C#Cc2ccccc21. The number of Topliss-reactive ketones (excluding diaryl/α,β-unsaturated/α-hetero) is 2. The van der Waals surface area contributed by atoms with Crippen LogP contribution in [0.3, 0.4) is 0 Å². The zero-order valence-electron chi connectivity index (χ0n) is 41.2. The highest BCUT2D eigenvalue weighted by Crippen LogP contribution is 2.26. The molecule has 0 aromatic heterocycles. The Morgan fingerprint density at radius 2 is 1.31 bits per heavy atom. The van der Waals surface area contributed by atoms with Crippen molar-refractivity contribution >= 4 is 82.3 Å². The van der Waals surface area contributed by atoms with Crippen LogP contribution in [0.4, 0.5) is 5.69 Å². The Morgan fingerprint density at radius 1 is 0.653 bits per heavy atom. The standard InChI is InChI=1S/C54H69IN4O12S/c1-67-54(66)48(15-6-7-29-56-50(62)17-8-10-40-18-23-45(55)24-19-40)57-53(65)43(22-26-51(63)58-72)38-47(61)28-31-69-33-35-71-37-36-70-34-32-68-30-9-14-46(60)25-27-52(64)59-39-44-13-3-2-11-41(44)20-21-42-12-4-5-16-49(42)59/h2-5,11-13,16,18-19,23-24,43,48,72H,6-10,14-15,17,22,25-39H2,1H3,(H,56,62)(H,57,65)(H,58,63)/t43?,48-/m0/s1. The van der Waals surface area contributed by atoms with Crippen LogP contribution < -0.4 is 20.3 Å². The van der Waals surface area contributed by atoms with E-state index in [9.17, 15) is 33.6 Å². The number of amides is 4. The minimum absolute atomic E-state index is 0.00727. The van der Waals surface area contributed by atoms with E-state index in [4.69, 9.17) is 23.7 Å². The number of ether oxygens (including phenoxy) is 5. The first-order chi connectivity index (χ1) is 35.0. The van der Waals surface area contributed by atoms with Crippen LogP contribution in [0, 0.1) is 21.3 Å². The van der Waals surface area contributed by atoms with E-state index in [-0.39, 0.29) is 88.1 Å². The van der Waals surface area contributed by atoms with Crippen LogP contribution in [0.2, 0.25) is 0 Å². The largest absolute Gasteiger partial charge is 0.467 e. The van der Waals surface area contributed by atoms with Crippen molar-refractivity contribution in [3.63, 3.8) is 0 Å². The molecule has 3 N–H and O–H groups in total. The van der Waals surface area contributed by atoms with E-state index in [1.54, 1.807) is 4.90 Å². The van der Waals surface area contributed by atoms with Crippen molar-refractivity contribution in [2.24, 2.45) is 5.92 Å². The molecular formula is C54H69IN4O12S. The van der Waals surface area contributed by atoms with Crippen molar-refractivity contribution in [1.29, 1.82) is 0 Å². The third kappa shape index (κ3) is 23.6. The van der Waals surface area contributed by atoms with Gasteiger partial charge in [-0.05, 0) is 109 Å². The lowest BCUT2D eigenvalue weighted by molar-refractivity contribution is -0.146. The molecular weight excluding hydrogens is 1060 g/mol. The zero-order chi connectivity index (χ0) is 51.8. The molecule has 0 bridgehead atoms. The van der Waals surface area contributed by atoms with Crippen LogP contribution in [-0.4, -0.2) is 114 Å². The molecule has 4 amide bonds. The van der Waals surface area contributed by atoms with Gasteiger partial charge >= 0.3 is 5.97 Å². The number of thiol groups is 1. The first-order valence-corrected chi connectivity index (χ1v) is 26.2. The number of aryl methyl sites for hydroxylation is 1. The summed E-state index contributed by atoms with van der Waals surface area (Å²) in [6, 6.07) is 22.6. The van der Waals surface area contributed by atoms with Gasteiger partial charge in [-0.25, -0.2) is 4.79 Å². The van der Waals surface area contributed by atoms with Gasteiger partial charge in [0, 0.05) is 78.7 Å². The van der Waals surface area contributed by atoms with E-state index in [0.29, 0.717) is 78.2 Å². The van der Waals surface area contributed by atoms with Gasteiger partial charge in [0.15, 0.2) is 0 Å². The lowest BCUT2D eigenvalue weighted by atomic mass is 9.94. The zero-order valence-corrected chi connectivity index (χ0v) is 44.3. The van der Waals surface area contributed by atoms with Gasteiger partial charge in [-0.15, -0.1) is 0 Å². The summed E-state index contributed by atoms with van der Waals surface area (Å²) in [5.74, 6) is 3.54. The summed E-state index contributed by atoms with van der Waals surface area (Å²) in [5.41, 5.74) is 4.55. The Kier molecular flexibility index (Phi) is 28.9. The Hall–Kier alpha value is -5.17. The molecule has 3 aromatic carbocycles. The second kappa shape index (κ2) is 35.1. The first-order valence-electron chi connectivity index (χ1n) is 24.6. The van der Waals surface area contributed by atoms with Gasteiger partial charge in [0.25, 0.3) is 0 Å². The summed E-state index contributed by atoms with van der Waals surface area (Å²) in [5, 5.41) is 5.62. The van der Waals surface area contributed by atoms with Crippen LogP contribution in [0.25, 0.3) is 0 Å².